The predicted molar refractivity (Wildman–Crippen MR) is 54.1 cm³/mol. The van der Waals surface area contributed by atoms with Crippen LogP contribution >= 0.6 is 12.4 Å². The van der Waals surface area contributed by atoms with Gasteiger partial charge in [-0.15, -0.1) is 12.4 Å². The van der Waals surface area contributed by atoms with Crippen LogP contribution in [0.25, 0.3) is 0 Å². The molecule has 2 rings (SSSR count). The number of piperidine rings is 1. The zero-order valence-electron chi connectivity index (χ0n) is 7.44. The summed E-state index contributed by atoms with van der Waals surface area (Å²) in [4.78, 5) is 0. The molecule has 3 nitrogen and oxygen atoms in total. The van der Waals surface area contributed by atoms with Gasteiger partial charge in [-0.25, -0.2) is 0 Å². The van der Waals surface area contributed by atoms with Crippen LogP contribution < -0.4 is 5.32 Å². The second kappa shape index (κ2) is 5.14. The minimum Gasteiger partial charge on any atom is -0.317 e. The van der Waals surface area contributed by atoms with Gasteiger partial charge in [0.2, 0.25) is 0 Å². The molecule has 1 N–H and O–H groups in total. The van der Waals surface area contributed by atoms with Gasteiger partial charge in [-0.1, -0.05) is 0 Å². The lowest BCUT2D eigenvalue weighted by Crippen LogP contribution is -2.26. The van der Waals surface area contributed by atoms with E-state index in [1.54, 1.807) is 6.20 Å². The van der Waals surface area contributed by atoms with Crippen molar-refractivity contribution in [3.63, 3.8) is 0 Å². The molecule has 1 saturated heterocycles. The highest BCUT2D eigenvalue weighted by Gasteiger charge is 2.14. The average Bonchev–Trinajstić information content (AvgIpc) is 2.21. The summed E-state index contributed by atoms with van der Waals surface area (Å²) in [5, 5.41) is 11.0. The fraction of sp³-hybridized carbons (Fsp3) is 0.556. The van der Waals surface area contributed by atoms with Crippen LogP contribution in [0.15, 0.2) is 18.5 Å². The molecule has 1 aromatic heterocycles. The van der Waals surface area contributed by atoms with Crippen LogP contribution in [0.1, 0.15) is 24.3 Å². The van der Waals surface area contributed by atoms with E-state index < -0.39 is 0 Å². The first-order valence-corrected chi connectivity index (χ1v) is 4.44. The van der Waals surface area contributed by atoms with E-state index in [0.29, 0.717) is 5.92 Å². The maximum Gasteiger partial charge on any atom is 0.0531 e. The monoisotopic (exact) mass is 199 g/mol. The van der Waals surface area contributed by atoms with E-state index in [4.69, 9.17) is 0 Å². The molecule has 0 aromatic carbocycles. The molecule has 4 heteroatoms. The third-order valence-electron chi connectivity index (χ3n) is 2.42. The lowest BCUT2D eigenvalue weighted by molar-refractivity contribution is 0.459. The van der Waals surface area contributed by atoms with Gasteiger partial charge < -0.3 is 5.32 Å². The molecule has 1 aromatic rings. The largest absolute Gasteiger partial charge is 0.317 e. The molecule has 72 valence electrons. The molecule has 0 atom stereocenters. The zero-order chi connectivity index (χ0) is 8.23. The highest BCUT2D eigenvalue weighted by molar-refractivity contribution is 5.85. The first kappa shape index (κ1) is 10.4. The van der Waals surface area contributed by atoms with Gasteiger partial charge in [0.1, 0.15) is 0 Å². The Morgan fingerprint density at radius 2 is 2.00 bits per heavy atom. The topological polar surface area (TPSA) is 37.8 Å². The summed E-state index contributed by atoms with van der Waals surface area (Å²) in [6, 6.07) is 2.07. The fourth-order valence-corrected chi connectivity index (χ4v) is 1.70. The number of nitrogens with one attached hydrogen (secondary N) is 1. The Morgan fingerprint density at radius 3 is 2.62 bits per heavy atom. The van der Waals surface area contributed by atoms with Crippen molar-refractivity contribution in [3.8, 4) is 0 Å². The maximum atomic E-state index is 3.89. The number of hydrogen-bond donors (Lipinski definition) is 1. The van der Waals surface area contributed by atoms with E-state index in [2.05, 4.69) is 21.6 Å². The molecule has 2 heterocycles. The van der Waals surface area contributed by atoms with E-state index in [1.807, 2.05) is 6.20 Å². The SMILES string of the molecule is Cl.c1cc(C2CCNCC2)cnn1. The standard InChI is InChI=1S/C9H13N3.ClH/c1-4-10-5-2-8(1)9-3-6-11-12-7-9;/h3,6-8,10H,1-2,4-5H2;1H. The fourth-order valence-electron chi connectivity index (χ4n) is 1.70. The van der Waals surface area contributed by atoms with Gasteiger partial charge in [0.15, 0.2) is 0 Å². The summed E-state index contributed by atoms with van der Waals surface area (Å²) in [5.74, 6) is 0.696. The molecule has 0 spiro atoms. The zero-order valence-corrected chi connectivity index (χ0v) is 8.26. The van der Waals surface area contributed by atoms with Crippen molar-refractivity contribution in [2.24, 2.45) is 0 Å². The first-order valence-electron chi connectivity index (χ1n) is 4.44. The van der Waals surface area contributed by atoms with Gasteiger partial charge in [-0.05, 0) is 43.5 Å². The van der Waals surface area contributed by atoms with Crippen LogP contribution in [-0.2, 0) is 0 Å². The lowest BCUT2D eigenvalue weighted by atomic mass is 9.92. The van der Waals surface area contributed by atoms with Crippen LogP contribution in [0.4, 0.5) is 0 Å². The molecule has 0 amide bonds. The Bertz CT molecular complexity index is 234. The Kier molecular flexibility index (Phi) is 4.12. The Hall–Kier alpha value is -0.670. The molecular formula is C9H14ClN3. The summed E-state index contributed by atoms with van der Waals surface area (Å²) >= 11 is 0. The molecular weight excluding hydrogens is 186 g/mol. The van der Waals surface area contributed by atoms with Crippen LogP contribution in [0.5, 0.6) is 0 Å². The van der Waals surface area contributed by atoms with E-state index >= 15 is 0 Å². The summed E-state index contributed by atoms with van der Waals surface area (Å²) in [6.07, 6.45) is 6.12. The Balaban J connectivity index is 0.000000845. The maximum absolute atomic E-state index is 3.89. The molecule has 13 heavy (non-hydrogen) atoms. The van der Waals surface area contributed by atoms with E-state index in [0.717, 1.165) is 13.1 Å². The van der Waals surface area contributed by atoms with E-state index in [1.165, 1.54) is 18.4 Å². The van der Waals surface area contributed by atoms with Crippen molar-refractivity contribution in [2.75, 3.05) is 13.1 Å². The molecule has 1 fully saturated rings. The molecule has 0 saturated carbocycles. The molecule has 0 unspecified atom stereocenters. The summed E-state index contributed by atoms with van der Waals surface area (Å²) in [5.41, 5.74) is 1.34. The third kappa shape index (κ3) is 2.64. The summed E-state index contributed by atoms with van der Waals surface area (Å²) in [7, 11) is 0. The van der Waals surface area contributed by atoms with Crippen molar-refractivity contribution in [2.45, 2.75) is 18.8 Å². The van der Waals surface area contributed by atoms with Gasteiger partial charge in [0.25, 0.3) is 0 Å². The Labute approximate surface area is 84.4 Å². The van der Waals surface area contributed by atoms with Crippen molar-refractivity contribution in [1.29, 1.82) is 0 Å². The quantitative estimate of drug-likeness (QED) is 0.743. The van der Waals surface area contributed by atoms with Crippen LogP contribution in [0.2, 0.25) is 0 Å². The van der Waals surface area contributed by atoms with Gasteiger partial charge in [-0.3, -0.25) is 0 Å². The van der Waals surface area contributed by atoms with Crippen LogP contribution in [-0.4, -0.2) is 23.3 Å². The molecule has 1 aliphatic heterocycles. The minimum absolute atomic E-state index is 0. The molecule has 0 radical (unpaired) electrons. The number of aromatic nitrogens is 2. The Morgan fingerprint density at radius 1 is 1.23 bits per heavy atom. The molecule has 0 aliphatic carbocycles. The van der Waals surface area contributed by atoms with Crippen LogP contribution in [0, 0.1) is 0 Å². The number of rotatable bonds is 1. The van der Waals surface area contributed by atoms with Crippen molar-refractivity contribution < 1.29 is 0 Å². The van der Waals surface area contributed by atoms with Gasteiger partial charge >= 0.3 is 0 Å². The molecule has 1 aliphatic rings. The van der Waals surface area contributed by atoms with Gasteiger partial charge in [0.05, 0.1) is 6.20 Å². The summed E-state index contributed by atoms with van der Waals surface area (Å²) in [6.45, 7) is 2.26. The second-order valence-corrected chi connectivity index (χ2v) is 3.20. The van der Waals surface area contributed by atoms with Gasteiger partial charge in [0, 0.05) is 6.20 Å². The number of hydrogen-bond acceptors (Lipinski definition) is 3. The summed E-state index contributed by atoms with van der Waals surface area (Å²) < 4.78 is 0. The van der Waals surface area contributed by atoms with E-state index in [-0.39, 0.29) is 12.4 Å². The number of nitrogens with zero attached hydrogens (tertiary/aromatic N) is 2. The minimum atomic E-state index is 0. The third-order valence-corrected chi connectivity index (χ3v) is 2.42. The molecule has 0 bridgehead atoms. The van der Waals surface area contributed by atoms with E-state index in [9.17, 15) is 0 Å². The highest BCUT2D eigenvalue weighted by atomic mass is 35.5. The lowest BCUT2D eigenvalue weighted by Gasteiger charge is -2.22. The first-order chi connectivity index (χ1) is 5.97. The van der Waals surface area contributed by atoms with Crippen molar-refractivity contribution in [3.05, 3.63) is 24.0 Å². The second-order valence-electron chi connectivity index (χ2n) is 3.20. The van der Waals surface area contributed by atoms with Crippen LogP contribution in [0.3, 0.4) is 0 Å². The predicted octanol–water partition coefficient (Wildman–Crippen LogP) is 1.37. The van der Waals surface area contributed by atoms with Crippen molar-refractivity contribution >= 4 is 12.4 Å². The average molecular weight is 200 g/mol. The highest BCUT2D eigenvalue weighted by Crippen LogP contribution is 2.23. The number of halogens is 1. The normalized spacial score (nSPS) is 17.8. The van der Waals surface area contributed by atoms with Crippen molar-refractivity contribution in [1.82, 2.24) is 15.5 Å². The smallest absolute Gasteiger partial charge is 0.0531 e. The van der Waals surface area contributed by atoms with Gasteiger partial charge in [-0.2, -0.15) is 10.2 Å².